The van der Waals surface area contributed by atoms with Gasteiger partial charge in [0.15, 0.2) is 0 Å². The molecule has 0 atom stereocenters. The first-order valence-electron chi connectivity index (χ1n) is 7.10. The van der Waals surface area contributed by atoms with Gasteiger partial charge in [0.1, 0.15) is 12.1 Å². The van der Waals surface area contributed by atoms with Crippen LogP contribution in [0.2, 0.25) is 0 Å². The highest BCUT2D eigenvalue weighted by Crippen LogP contribution is 2.20. The van der Waals surface area contributed by atoms with Crippen LogP contribution >= 0.6 is 0 Å². The Bertz CT molecular complexity index is 645. The van der Waals surface area contributed by atoms with E-state index >= 15 is 0 Å². The van der Waals surface area contributed by atoms with Gasteiger partial charge in [0.05, 0.1) is 13.7 Å². The van der Waals surface area contributed by atoms with Gasteiger partial charge in [-0.05, 0) is 30.7 Å². The summed E-state index contributed by atoms with van der Waals surface area (Å²) in [7, 11) is 3.32. The fourth-order valence-corrected chi connectivity index (χ4v) is 2.17. The van der Waals surface area contributed by atoms with E-state index in [0.717, 1.165) is 30.8 Å². The highest BCUT2D eigenvalue weighted by molar-refractivity contribution is 5.37. The van der Waals surface area contributed by atoms with Crippen LogP contribution in [0.3, 0.4) is 0 Å². The molecule has 1 aromatic heterocycles. The number of nitrogens with one attached hydrogen (secondary N) is 1. The average molecular weight is 290 g/mol. The molecule has 0 spiro atoms. The smallest absolute Gasteiger partial charge is 0.345 e. The lowest BCUT2D eigenvalue weighted by Crippen LogP contribution is -2.23. The Morgan fingerprint density at radius 1 is 1.38 bits per heavy atom. The molecule has 0 aliphatic carbocycles. The molecule has 0 saturated carbocycles. The van der Waals surface area contributed by atoms with Crippen LogP contribution in [0, 0.1) is 0 Å². The number of aromatic nitrogens is 3. The van der Waals surface area contributed by atoms with Gasteiger partial charge in [-0.15, -0.1) is 0 Å². The lowest BCUT2D eigenvalue weighted by molar-refractivity contribution is 0.406. The van der Waals surface area contributed by atoms with Gasteiger partial charge in [0.25, 0.3) is 0 Å². The topological polar surface area (TPSA) is 61.1 Å². The molecule has 0 unspecified atom stereocenters. The molecule has 0 bridgehead atoms. The van der Waals surface area contributed by atoms with Crippen LogP contribution in [-0.2, 0) is 20.1 Å². The van der Waals surface area contributed by atoms with Gasteiger partial charge >= 0.3 is 5.69 Å². The van der Waals surface area contributed by atoms with Crippen molar-refractivity contribution in [2.24, 2.45) is 7.05 Å². The van der Waals surface area contributed by atoms with Crippen LogP contribution in [0.5, 0.6) is 5.75 Å². The number of nitrogens with zero attached hydrogens (tertiary/aromatic N) is 3. The van der Waals surface area contributed by atoms with Crippen LogP contribution in [0.1, 0.15) is 24.5 Å². The molecule has 1 N–H and O–H groups in total. The summed E-state index contributed by atoms with van der Waals surface area (Å²) >= 11 is 0. The maximum Gasteiger partial charge on any atom is 0.345 e. The third-order valence-corrected chi connectivity index (χ3v) is 3.31. The summed E-state index contributed by atoms with van der Waals surface area (Å²) < 4.78 is 8.26. The molecule has 6 nitrogen and oxygen atoms in total. The molecule has 21 heavy (non-hydrogen) atoms. The lowest BCUT2D eigenvalue weighted by atomic mass is 10.1. The van der Waals surface area contributed by atoms with Crippen molar-refractivity contribution < 1.29 is 4.74 Å². The van der Waals surface area contributed by atoms with E-state index in [1.165, 1.54) is 21.1 Å². The van der Waals surface area contributed by atoms with Crippen molar-refractivity contribution in [3.63, 3.8) is 0 Å². The minimum atomic E-state index is -0.133. The molecule has 1 aromatic carbocycles. The maximum absolute atomic E-state index is 11.9. The second kappa shape index (κ2) is 7.08. The highest BCUT2D eigenvalue weighted by atomic mass is 16.5. The van der Waals surface area contributed by atoms with E-state index in [4.69, 9.17) is 4.74 Å². The van der Waals surface area contributed by atoms with Crippen LogP contribution in [0.15, 0.2) is 29.3 Å². The van der Waals surface area contributed by atoms with Crippen molar-refractivity contribution in [1.29, 1.82) is 0 Å². The lowest BCUT2D eigenvalue weighted by Gasteiger charge is -2.11. The number of benzene rings is 1. The predicted molar refractivity (Wildman–Crippen MR) is 81.6 cm³/mol. The first-order valence-corrected chi connectivity index (χ1v) is 7.10. The molecule has 0 fully saturated rings. The molecule has 0 radical (unpaired) electrons. The summed E-state index contributed by atoms with van der Waals surface area (Å²) in [6.07, 6.45) is 2.62. The van der Waals surface area contributed by atoms with E-state index in [9.17, 15) is 4.79 Å². The first-order chi connectivity index (χ1) is 10.2. The fraction of sp³-hybridized carbons (Fsp3) is 0.467. The average Bonchev–Trinajstić information content (AvgIpc) is 2.80. The number of aryl methyl sites for hydroxylation is 1. The summed E-state index contributed by atoms with van der Waals surface area (Å²) in [5.74, 6) is 0.770. The van der Waals surface area contributed by atoms with E-state index in [1.807, 2.05) is 12.1 Å². The molecule has 1 heterocycles. The number of ether oxygens (including phenoxy) is 1. The SMILES string of the molecule is CCCNCc1ccc(OC)c(Cn2ncn(C)c2=O)c1. The Hall–Kier alpha value is -2.08. The highest BCUT2D eigenvalue weighted by Gasteiger charge is 2.09. The zero-order valence-electron chi connectivity index (χ0n) is 12.8. The number of rotatable bonds is 7. The minimum absolute atomic E-state index is 0.133. The second-order valence-corrected chi connectivity index (χ2v) is 5.01. The molecule has 2 rings (SSSR count). The van der Waals surface area contributed by atoms with Gasteiger partial charge in [0.2, 0.25) is 0 Å². The fourth-order valence-electron chi connectivity index (χ4n) is 2.17. The van der Waals surface area contributed by atoms with Crippen molar-refractivity contribution in [2.45, 2.75) is 26.4 Å². The van der Waals surface area contributed by atoms with Gasteiger partial charge < -0.3 is 10.1 Å². The molecule has 114 valence electrons. The molecule has 0 saturated heterocycles. The minimum Gasteiger partial charge on any atom is -0.496 e. The van der Waals surface area contributed by atoms with Crippen LogP contribution in [-0.4, -0.2) is 28.0 Å². The Morgan fingerprint density at radius 3 is 2.81 bits per heavy atom. The molecule has 0 aliphatic heterocycles. The van der Waals surface area contributed by atoms with E-state index in [0.29, 0.717) is 6.54 Å². The van der Waals surface area contributed by atoms with Crippen molar-refractivity contribution in [3.05, 3.63) is 46.1 Å². The molecule has 2 aromatic rings. The van der Waals surface area contributed by atoms with Crippen LogP contribution in [0.25, 0.3) is 0 Å². The Balaban J connectivity index is 2.21. The summed E-state index contributed by atoms with van der Waals surface area (Å²) in [5.41, 5.74) is 1.99. The molecule has 0 aliphatic rings. The Labute approximate surface area is 124 Å². The van der Waals surface area contributed by atoms with Crippen molar-refractivity contribution in [1.82, 2.24) is 19.7 Å². The molecule has 0 amide bonds. The van der Waals surface area contributed by atoms with Crippen molar-refractivity contribution >= 4 is 0 Å². The summed E-state index contributed by atoms with van der Waals surface area (Å²) in [6, 6.07) is 6.03. The third kappa shape index (κ3) is 3.72. The van der Waals surface area contributed by atoms with Crippen LogP contribution in [0.4, 0.5) is 0 Å². The normalized spacial score (nSPS) is 10.8. The van der Waals surface area contributed by atoms with Gasteiger partial charge in [-0.25, -0.2) is 9.48 Å². The standard InChI is InChI=1S/C15H22N4O2/c1-4-7-16-9-12-5-6-14(21-3)13(8-12)10-19-15(20)18(2)11-17-19/h5-6,8,11,16H,4,7,9-10H2,1-3H3. The van der Waals surface area contributed by atoms with Gasteiger partial charge in [-0.3, -0.25) is 4.57 Å². The second-order valence-electron chi connectivity index (χ2n) is 5.01. The zero-order valence-corrected chi connectivity index (χ0v) is 12.8. The Kier molecular flexibility index (Phi) is 5.16. The molecule has 6 heteroatoms. The summed E-state index contributed by atoms with van der Waals surface area (Å²) in [6.45, 7) is 4.34. The predicted octanol–water partition coefficient (Wildman–Crippen LogP) is 1.14. The van der Waals surface area contributed by atoms with Gasteiger partial charge in [-0.1, -0.05) is 13.0 Å². The third-order valence-electron chi connectivity index (χ3n) is 3.31. The van der Waals surface area contributed by atoms with E-state index in [-0.39, 0.29) is 5.69 Å². The number of hydrogen-bond donors (Lipinski definition) is 1. The summed E-state index contributed by atoms with van der Waals surface area (Å²) in [5, 5.41) is 7.45. The monoisotopic (exact) mass is 290 g/mol. The first kappa shape index (κ1) is 15.3. The van der Waals surface area contributed by atoms with Gasteiger partial charge in [-0.2, -0.15) is 5.10 Å². The van der Waals surface area contributed by atoms with E-state index in [1.54, 1.807) is 14.2 Å². The van der Waals surface area contributed by atoms with Crippen LogP contribution < -0.4 is 15.7 Å². The molecular weight excluding hydrogens is 268 g/mol. The van der Waals surface area contributed by atoms with Crippen molar-refractivity contribution in [2.75, 3.05) is 13.7 Å². The summed E-state index contributed by atoms with van der Waals surface area (Å²) in [4.78, 5) is 11.9. The largest absolute Gasteiger partial charge is 0.496 e. The quantitative estimate of drug-likeness (QED) is 0.777. The van der Waals surface area contributed by atoms with Gasteiger partial charge in [0, 0.05) is 19.2 Å². The number of methoxy groups -OCH3 is 1. The van der Waals surface area contributed by atoms with E-state index < -0.39 is 0 Å². The number of hydrogen-bond acceptors (Lipinski definition) is 4. The zero-order chi connectivity index (χ0) is 15.2. The molecular formula is C15H22N4O2. The van der Waals surface area contributed by atoms with Crippen molar-refractivity contribution in [3.8, 4) is 5.75 Å². The Morgan fingerprint density at radius 2 is 2.19 bits per heavy atom. The van der Waals surface area contributed by atoms with E-state index in [2.05, 4.69) is 23.4 Å². The maximum atomic E-state index is 11.9.